The van der Waals surface area contributed by atoms with Crippen molar-refractivity contribution in [1.82, 2.24) is 0 Å². The summed E-state index contributed by atoms with van der Waals surface area (Å²) in [5.41, 5.74) is 13.7. The molecule has 3 N–H and O–H groups in total. The van der Waals surface area contributed by atoms with Gasteiger partial charge in [0.25, 0.3) is 12.1 Å². The van der Waals surface area contributed by atoms with Crippen LogP contribution in [0.3, 0.4) is 0 Å². The Morgan fingerprint density at radius 3 is 2.79 bits per heavy atom. The first-order valence-electron chi connectivity index (χ1n) is 5.61. The van der Waals surface area contributed by atoms with Crippen molar-refractivity contribution in [1.29, 1.82) is 5.53 Å². The number of benzene rings is 1. The number of rotatable bonds is 5. The van der Waals surface area contributed by atoms with E-state index in [2.05, 4.69) is 5.11 Å². The zero-order valence-electron chi connectivity index (χ0n) is 10.1. The van der Waals surface area contributed by atoms with Gasteiger partial charge in [0.2, 0.25) is 0 Å². The van der Waals surface area contributed by atoms with Gasteiger partial charge in [-0.05, 0) is 11.6 Å². The van der Waals surface area contributed by atoms with E-state index in [1.54, 1.807) is 6.08 Å². The van der Waals surface area contributed by atoms with Crippen LogP contribution in [0.15, 0.2) is 53.5 Å². The number of nitrogens with one attached hydrogen (secondary N) is 1. The van der Waals surface area contributed by atoms with Crippen LogP contribution in [0.1, 0.15) is 5.56 Å². The Labute approximate surface area is 110 Å². The lowest BCUT2D eigenvalue weighted by molar-refractivity contribution is -0.121. The highest BCUT2D eigenvalue weighted by atomic mass is 16.5. The zero-order chi connectivity index (χ0) is 13.7. The highest BCUT2D eigenvalue weighted by Gasteiger charge is 2.21. The molecule has 1 aliphatic heterocycles. The van der Waals surface area contributed by atoms with Crippen LogP contribution in [0.5, 0.6) is 0 Å². The summed E-state index contributed by atoms with van der Waals surface area (Å²) < 4.78 is 10.5. The van der Waals surface area contributed by atoms with Crippen LogP contribution in [0.25, 0.3) is 5.57 Å². The summed E-state index contributed by atoms with van der Waals surface area (Å²) in [7, 11) is 0. The summed E-state index contributed by atoms with van der Waals surface area (Å²) >= 11 is 0. The van der Waals surface area contributed by atoms with E-state index < -0.39 is 12.1 Å². The Morgan fingerprint density at radius 2 is 2.16 bits per heavy atom. The molecule has 0 aromatic heterocycles. The molecule has 19 heavy (non-hydrogen) atoms. The van der Waals surface area contributed by atoms with E-state index in [1.165, 1.54) is 6.26 Å². The minimum atomic E-state index is -0.869. The van der Waals surface area contributed by atoms with Crippen LogP contribution in [0.2, 0.25) is 0 Å². The highest BCUT2D eigenvalue weighted by Crippen LogP contribution is 2.26. The number of hydrogen-bond donors (Lipinski definition) is 2. The Morgan fingerprint density at radius 1 is 1.42 bits per heavy atom. The molecule has 1 atom stereocenters. The van der Waals surface area contributed by atoms with E-state index >= 15 is 0 Å². The minimum absolute atomic E-state index is 0.275. The average Bonchev–Trinajstić information content (AvgIpc) is 2.45. The van der Waals surface area contributed by atoms with Crippen LogP contribution < -0.4 is 5.73 Å². The number of nitrogens with zero attached hydrogens (tertiary/aromatic N) is 1. The van der Waals surface area contributed by atoms with Crippen LogP contribution >= 0.6 is 0 Å². The third-order valence-electron chi connectivity index (χ3n) is 2.47. The fraction of sp³-hybridized carbons (Fsp3) is 0.154. The normalized spacial score (nSPS) is 17.8. The zero-order valence-corrected chi connectivity index (χ0v) is 10.1. The van der Waals surface area contributed by atoms with Gasteiger partial charge in [-0.25, -0.2) is 5.53 Å². The number of amides is 1. The third kappa shape index (κ3) is 3.19. The molecule has 1 unspecified atom stereocenters. The van der Waals surface area contributed by atoms with Crippen molar-refractivity contribution in [2.24, 2.45) is 10.8 Å². The number of ether oxygens (including phenoxy) is 2. The van der Waals surface area contributed by atoms with Crippen molar-refractivity contribution in [3.05, 3.63) is 54.0 Å². The standard InChI is InChI=1S/C13H13N3O3/c14-12(17)8-18-11-6-10(7-19-13(11)16-15)9-4-2-1-3-5-9/h1-7,13,15H,8H2,(H2,14,17). The fourth-order valence-electron chi connectivity index (χ4n) is 1.61. The van der Waals surface area contributed by atoms with Gasteiger partial charge in [-0.15, -0.1) is 5.11 Å². The first-order valence-corrected chi connectivity index (χ1v) is 5.61. The molecule has 0 bridgehead atoms. The molecule has 1 aliphatic rings. The number of allylic oxidation sites excluding steroid dienone is 2. The fourth-order valence-corrected chi connectivity index (χ4v) is 1.61. The SMILES string of the molecule is N=NC1OC=C(c2ccccc2)C=C1OCC(N)=O. The van der Waals surface area contributed by atoms with Gasteiger partial charge in [-0.3, -0.25) is 4.79 Å². The monoisotopic (exact) mass is 259 g/mol. The summed E-state index contributed by atoms with van der Waals surface area (Å²) in [6, 6.07) is 9.53. The van der Waals surface area contributed by atoms with Crippen molar-refractivity contribution < 1.29 is 14.3 Å². The quantitative estimate of drug-likeness (QED) is 0.789. The molecule has 98 valence electrons. The molecule has 0 saturated carbocycles. The van der Waals surface area contributed by atoms with Gasteiger partial charge in [-0.2, -0.15) is 0 Å². The number of carbonyl (C=O) groups excluding carboxylic acids is 1. The van der Waals surface area contributed by atoms with Crippen LogP contribution in [-0.4, -0.2) is 18.7 Å². The molecule has 0 aliphatic carbocycles. The second-order valence-electron chi connectivity index (χ2n) is 3.86. The van der Waals surface area contributed by atoms with Gasteiger partial charge in [0, 0.05) is 5.57 Å². The van der Waals surface area contributed by atoms with E-state index in [1.807, 2.05) is 30.3 Å². The van der Waals surface area contributed by atoms with E-state index in [0.717, 1.165) is 11.1 Å². The summed E-state index contributed by atoms with van der Waals surface area (Å²) in [5.74, 6) is -0.310. The van der Waals surface area contributed by atoms with E-state index in [0.29, 0.717) is 0 Å². The minimum Gasteiger partial charge on any atom is -0.482 e. The molecular weight excluding hydrogens is 246 g/mol. The maximum Gasteiger partial charge on any atom is 0.264 e. The Balaban J connectivity index is 2.21. The molecule has 1 aromatic rings. The lowest BCUT2D eigenvalue weighted by Crippen LogP contribution is -2.22. The highest BCUT2D eigenvalue weighted by molar-refractivity contribution is 5.76. The lowest BCUT2D eigenvalue weighted by atomic mass is 10.1. The molecule has 0 saturated heterocycles. The molecular formula is C13H13N3O3. The Hall–Kier alpha value is -2.63. The Kier molecular flexibility index (Phi) is 3.92. The number of hydrogen-bond acceptors (Lipinski definition) is 5. The number of carbonyl (C=O) groups is 1. The van der Waals surface area contributed by atoms with Gasteiger partial charge >= 0.3 is 0 Å². The molecule has 0 spiro atoms. The molecule has 2 rings (SSSR count). The molecule has 0 radical (unpaired) electrons. The van der Waals surface area contributed by atoms with E-state index in [-0.39, 0.29) is 12.4 Å². The van der Waals surface area contributed by atoms with Crippen LogP contribution in [0.4, 0.5) is 0 Å². The summed E-state index contributed by atoms with van der Waals surface area (Å²) in [4.78, 5) is 10.7. The summed E-state index contributed by atoms with van der Waals surface area (Å²) in [6.45, 7) is -0.275. The molecule has 1 heterocycles. The van der Waals surface area contributed by atoms with Crippen LogP contribution in [0, 0.1) is 5.53 Å². The summed E-state index contributed by atoms with van der Waals surface area (Å²) in [6.07, 6.45) is 2.33. The van der Waals surface area contributed by atoms with Gasteiger partial charge in [0.1, 0.15) is 0 Å². The first kappa shape index (κ1) is 12.8. The van der Waals surface area contributed by atoms with Gasteiger partial charge < -0.3 is 15.2 Å². The van der Waals surface area contributed by atoms with Crippen molar-refractivity contribution >= 4 is 11.5 Å². The largest absolute Gasteiger partial charge is 0.482 e. The van der Waals surface area contributed by atoms with Gasteiger partial charge in [0.15, 0.2) is 12.4 Å². The topological polar surface area (TPSA) is 97.8 Å². The number of primary amides is 1. The van der Waals surface area contributed by atoms with Gasteiger partial charge in [0.05, 0.1) is 6.26 Å². The third-order valence-corrected chi connectivity index (χ3v) is 2.47. The van der Waals surface area contributed by atoms with Crippen molar-refractivity contribution in [3.63, 3.8) is 0 Å². The predicted octanol–water partition coefficient (Wildman–Crippen LogP) is 1.80. The maximum absolute atomic E-state index is 10.7. The molecule has 0 fully saturated rings. The smallest absolute Gasteiger partial charge is 0.264 e. The van der Waals surface area contributed by atoms with Gasteiger partial charge in [-0.1, -0.05) is 30.3 Å². The lowest BCUT2D eigenvalue weighted by Gasteiger charge is -2.20. The maximum atomic E-state index is 10.7. The molecule has 1 aromatic carbocycles. The molecule has 1 amide bonds. The molecule has 6 nitrogen and oxygen atoms in total. The van der Waals surface area contributed by atoms with Crippen LogP contribution in [-0.2, 0) is 14.3 Å². The van der Waals surface area contributed by atoms with Crippen molar-refractivity contribution in [2.45, 2.75) is 6.23 Å². The molecule has 6 heteroatoms. The average molecular weight is 259 g/mol. The Bertz CT molecular complexity index is 537. The first-order chi connectivity index (χ1) is 9.20. The second kappa shape index (κ2) is 5.81. The van der Waals surface area contributed by atoms with E-state index in [4.69, 9.17) is 20.7 Å². The second-order valence-corrected chi connectivity index (χ2v) is 3.86. The van der Waals surface area contributed by atoms with Crippen molar-refractivity contribution in [3.8, 4) is 0 Å². The summed E-state index contributed by atoms with van der Waals surface area (Å²) in [5, 5.41) is 3.27. The number of nitrogens with two attached hydrogens (primary N) is 1. The van der Waals surface area contributed by atoms with E-state index in [9.17, 15) is 4.79 Å². The van der Waals surface area contributed by atoms with Crippen molar-refractivity contribution in [2.75, 3.05) is 6.61 Å². The predicted molar refractivity (Wildman–Crippen MR) is 67.7 cm³/mol.